The second kappa shape index (κ2) is 9.50. The number of amides is 1. The standard InChI is InChI=1S/C25H16ClNO6/c26-18-9-5-15(6-10-18)21(28)14-32-24(30)16-7-11-19(12-8-16)27-23(29)20-13-17-3-1-2-4-22(17)33-25(20)31/h1-13H,14H2,(H,27,29). The summed E-state index contributed by atoms with van der Waals surface area (Å²) in [5.41, 5.74) is 0.429. The van der Waals surface area contributed by atoms with Crippen LogP contribution >= 0.6 is 11.6 Å². The number of nitrogens with one attached hydrogen (secondary N) is 1. The minimum absolute atomic E-state index is 0.141. The molecule has 1 heterocycles. The van der Waals surface area contributed by atoms with Crippen molar-refractivity contribution in [3.8, 4) is 0 Å². The topological polar surface area (TPSA) is 103 Å². The molecule has 0 radical (unpaired) electrons. The molecule has 8 heteroatoms. The van der Waals surface area contributed by atoms with E-state index in [1.807, 2.05) is 0 Å². The van der Waals surface area contributed by atoms with E-state index in [9.17, 15) is 19.2 Å². The molecule has 0 aliphatic carbocycles. The molecule has 0 bridgehead atoms. The number of ether oxygens (including phenoxy) is 1. The zero-order valence-electron chi connectivity index (χ0n) is 17.0. The molecular formula is C25H16ClNO6. The second-order valence-corrected chi connectivity index (χ2v) is 7.46. The molecule has 4 rings (SSSR count). The average molecular weight is 462 g/mol. The fourth-order valence-electron chi connectivity index (χ4n) is 3.04. The van der Waals surface area contributed by atoms with E-state index in [1.165, 1.54) is 30.3 Å². The molecule has 0 fully saturated rings. The van der Waals surface area contributed by atoms with Crippen LogP contribution in [0.2, 0.25) is 5.02 Å². The van der Waals surface area contributed by atoms with E-state index in [4.69, 9.17) is 20.8 Å². The highest BCUT2D eigenvalue weighted by Crippen LogP contribution is 2.16. The van der Waals surface area contributed by atoms with Crippen LogP contribution in [0.15, 0.2) is 88.1 Å². The second-order valence-electron chi connectivity index (χ2n) is 7.02. The van der Waals surface area contributed by atoms with Crippen molar-refractivity contribution in [2.75, 3.05) is 11.9 Å². The van der Waals surface area contributed by atoms with Gasteiger partial charge in [-0.25, -0.2) is 9.59 Å². The number of rotatable bonds is 6. The highest BCUT2D eigenvalue weighted by molar-refractivity contribution is 6.30. The highest BCUT2D eigenvalue weighted by Gasteiger charge is 2.15. The quantitative estimate of drug-likeness (QED) is 0.253. The van der Waals surface area contributed by atoms with Gasteiger partial charge in [0.1, 0.15) is 11.1 Å². The van der Waals surface area contributed by atoms with E-state index >= 15 is 0 Å². The summed E-state index contributed by atoms with van der Waals surface area (Å²) in [6.45, 7) is -0.420. The van der Waals surface area contributed by atoms with Crippen molar-refractivity contribution < 1.29 is 23.5 Å². The minimum Gasteiger partial charge on any atom is -0.454 e. The molecule has 4 aromatic rings. The Labute approximate surface area is 192 Å². The predicted molar refractivity (Wildman–Crippen MR) is 123 cm³/mol. The number of halogens is 1. The molecule has 1 amide bonds. The lowest BCUT2D eigenvalue weighted by Crippen LogP contribution is -2.20. The number of hydrogen-bond donors (Lipinski definition) is 1. The zero-order chi connectivity index (χ0) is 23.4. The van der Waals surface area contributed by atoms with Gasteiger partial charge in [-0.05, 0) is 60.7 Å². The number of benzene rings is 3. The molecule has 0 atom stereocenters. The predicted octanol–water partition coefficient (Wildman–Crippen LogP) is 4.74. The fraction of sp³-hybridized carbons (Fsp3) is 0.0400. The maximum atomic E-state index is 12.5. The maximum Gasteiger partial charge on any atom is 0.349 e. The van der Waals surface area contributed by atoms with Crippen LogP contribution in [0.1, 0.15) is 31.1 Å². The Kier molecular flexibility index (Phi) is 6.33. The Morgan fingerprint density at radius 1 is 0.879 bits per heavy atom. The SMILES string of the molecule is O=C(COC(=O)c1ccc(NC(=O)c2cc3ccccc3oc2=O)cc1)c1ccc(Cl)cc1. The third kappa shape index (κ3) is 5.16. The van der Waals surface area contributed by atoms with E-state index in [0.717, 1.165) is 0 Å². The lowest BCUT2D eigenvalue weighted by atomic mass is 10.1. The average Bonchev–Trinajstić information content (AvgIpc) is 2.82. The van der Waals surface area contributed by atoms with Crippen molar-refractivity contribution in [2.45, 2.75) is 0 Å². The first-order chi connectivity index (χ1) is 15.9. The van der Waals surface area contributed by atoms with Crippen molar-refractivity contribution in [3.05, 3.63) is 111 Å². The van der Waals surface area contributed by atoms with Gasteiger partial charge in [0.2, 0.25) is 0 Å². The van der Waals surface area contributed by atoms with Crippen molar-refractivity contribution >= 4 is 45.9 Å². The molecule has 7 nitrogen and oxygen atoms in total. The van der Waals surface area contributed by atoms with Gasteiger partial charge in [-0.1, -0.05) is 29.8 Å². The van der Waals surface area contributed by atoms with E-state index in [0.29, 0.717) is 27.2 Å². The van der Waals surface area contributed by atoms with Gasteiger partial charge in [-0.15, -0.1) is 0 Å². The zero-order valence-corrected chi connectivity index (χ0v) is 17.8. The van der Waals surface area contributed by atoms with Crippen LogP contribution in [0.4, 0.5) is 5.69 Å². The lowest BCUT2D eigenvalue weighted by Gasteiger charge is -2.07. The summed E-state index contributed by atoms with van der Waals surface area (Å²) in [6.07, 6.45) is 0. The number of carbonyl (C=O) groups excluding carboxylic acids is 3. The Morgan fingerprint density at radius 2 is 1.55 bits per heavy atom. The number of fused-ring (bicyclic) bond motifs is 1. The van der Waals surface area contributed by atoms with Crippen LogP contribution in [0.5, 0.6) is 0 Å². The summed E-state index contributed by atoms with van der Waals surface area (Å²) in [7, 11) is 0. The molecule has 0 saturated heterocycles. The van der Waals surface area contributed by atoms with E-state index in [1.54, 1.807) is 48.5 Å². The van der Waals surface area contributed by atoms with Gasteiger partial charge in [-0.2, -0.15) is 0 Å². The Bertz CT molecular complexity index is 1410. The van der Waals surface area contributed by atoms with Crippen molar-refractivity contribution in [1.82, 2.24) is 0 Å². The Hall–Kier alpha value is -4.23. The summed E-state index contributed by atoms with van der Waals surface area (Å²) in [4.78, 5) is 49.0. The number of hydrogen-bond acceptors (Lipinski definition) is 6. The molecule has 0 unspecified atom stereocenters. The van der Waals surface area contributed by atoms with Gasteiger partial charge in [0.15, 0.2) is 12.4 Å². The number of anilines is 1. The summed E-state index contributed by atoms with van der Waals surface area (Å²) in [5, 5.41) is 3.71. The van der Waals surface area contributed by atoms with Crippen LogP contribution in [-0.2, 0) is 4.74 Å². The van der Waals surface area contributed by atoms with Gasteiger partial charge in [0.25, 0.3) is 5.91 Å². The number of esters is 1. The first kappa shape index (κ1) is 22.0. The highest BCUT2D eigenvalue weighted by atomic mass is 35.5. The Balaban J connectivity index is 1.38. The third-order valence-corrected chi connectivity index (χ3v) is 5.02. The number of para-hydroxylation sites is 1. The lowest BCUT2D eigenvalue weighted by molar-refractivity contribution is 0.0475. The van der Waals surface area contributed by atoms with Crippen LogP contribution in [0.25, 0.3) is 11.0 Å². The molecule has 0 saturated carbocycles. The summed E-state index contributed by atoms with van der Waals surface area (Å²) < 4.78 is 10.2. The molecular weight excluding hydrogens is 446 g/mol. The molecule has 0 aliphatic rings. The third-order valence-electron chi connectivity index (χ3n) is 4.77. The van der Waals surface area contributed by atoms with Gasteiger partial charge >= 0.3 is 11.6 Å². The summed E-state index contributed by atoms with van der Waals surface area (Å²) in [5.74, 6) is -1.69. The van der Waals surface area contributed by atoms with Crippen LogP contribution < -0.4 is 10.9 Å². The normalized spacial score (nSPS) is 10.6. The van der Waals surface area contributed by atoms with Crippen LogP contribution in [-0.4, -0.2) is 24.3 Å². The van der Waals surface area contributed by atoms with Gasteiger partial charge in [0, 0.05) is 21.7 Å². The molecule has 0 aliphatic heterocycles. The number of Topliss-reactive ketones (excluding diaryl/α,β-unsaturated/α-hetero) is 1. The summed E-state index contributed by atoms with van der Waals surface area (Å²) >= 11 is 5.79. The van der Waals surface area contributed by atoms with Crippen LogP contribution in [0.3, 0.4) is 0 Å². The van der Waals surface area contributed by atoms with E-state index < -0.39 is 24.1 Å². The van der Waals surface area contributed by atoms with E-state index in [2.05, 4.69) is 5.32 Å². The van der Waals surface area contributed by atoms with Crippen LogP contribution in [0, 0.1) is 0 Å². The van der Waals surface area contributed by atoms with E-state index in [-0.39, 0.29) is 16.9 Å². The van der Waals surface area contributed by atoms with Crippen molar-refractivity contribution in [1.29, 1.82) is 0 Å². The smallest absolute Gasteiger partial charge is 0.349 e. The molecule has 3 aromatic carbocycles. The first-order valence-corrected chi connectivity index (χ1v) is 10.2. The molecule has 33 heavy (non-hydrogen) atoms. The number of carbonyl (C=O) groups is 3. The minimum atomic E-state index is -0.753. The fourth-order valence-corrected chi connectivity index (χ4v) is 3.17. The van der Waals surface area contributed by atoms with Crippen molar-refractivity contribution in [2.24, 2.45) is 0 Å². The maximum absolute atomic E-state index is 12.5. The van der Waals surface area contributed by atoms with Gasteiger partial charge < -0.3 is 14.5 Å². The monoisotopic (exact) mass is 461 g/mol. The first-order valence-electron chi connectivity index (χ1n) is 9.81. The molecule has 0 spiro atoms. The molecule has 1 N–H and O–H groups in total. The summed E-state index contributed by atoms with van der Waals surface area (Å²) in [6, 6.07) is 20.4. The van der Waals surface area contributed by atoms with Gasteiger partial charge in [0.05, 0.1) is 5.56 Å². The molecule has 164 valence electrons. The largest absolute Gasteiger partial charge is 0.454 e. The van der Waals surface area contributed by atoms with Gasteiger partial charge in [-0.3, -0.25) is 9.59 Å². The Morgan fingerprint density at radius 3 is 2.27 bits per heavy atom. The van der Waals surface area contributed by atoms with Crippen molar-refractivity contribution in [3.63, 3.8) is 0 Å². The number of ketones is 1. The molecule has 1 aromatic heterocycles.